The molecule has 0 aromatic carbocycles. The number of amides is 1. The van der Waals surface area contributed by atoms with Crippen LogP contribution in [0, 0.1) is 0 Å². The van der Waals surface area contributed by atoms with Gasteiger partial charge in [-0.1, -0.05) is 11.2 Å². The molecule has 1 unspecified atom stereocenters. The van der Waals surface area contributed by atoms with Crippen molar-refractivity contribution in [3.63, 3.8) is 0 Å². The minimum Gasteiger partial charge on any atom is -0.379 e. The van der Waals surface area contributed by atoms with Crippen LogP contribution in [-0.2, 0) is 9.53 Å². The maximum absolute atomic E-state index is 13.4. The number of carbonyl (C=O) groups is 1. The minimum absolute atomic E-state index is 0.145. The molecule has 0 aliphatic carbocycles. The van der Waals surface area contributed by atoms with Crippen LogP contribution >= 0.6 is 0 Å². The Morgan fingerprint density at radius 3 is 2.65 bits per heavy atom. The van der Waals surface area contributed by atoms with Gasteiger partial charge in [-0.15, -0.1) is 0 Å². The first-order valence-electron chi connectivity index (χ1n) is 9.09. The van der Waals surface area contributed by atoms with Gasteiger partial charge in [0.15, 0.2) is 5.82 Å². The van der Waals surface area contributed by atoms with E-state index in [2.05, 4.69) is 20.0 Å². The summed E-state index contributed by atoms with van der Waals surface area (Å²) in [4.78, 5) is 25.9. The monoisotopic (exact) mass is 357 g/mol. The summed E-state index contributed by atoms with van der Waals surface area (Å²) in [6.45, 7) is 4.24. The second-order valence-corrected chi connectivity index (χ2v) is 6.73. The Morgan fingerprint density at radius 2 is 2.00 bits per heavy atom. The second-order valence-electron chi connectivity index (χ2n) is 6.73. The van der Waals surface area contributed by atoms with E-state index in [4.69, 9.17) is 9.26 Å². The highest BCUT2D eigenvalue weighted by Gasteiger charge is 2.35. The molecule has 2 aromatic heterocycles. The molecule has 8 heteroatoms. The van der Waals surface area contributed by atoms with Crippen LogP contribution < -0.4 is 0 Å². The van der Waals surface area contributed by atoms with Crippen LogP contribution in [0.1, 0.15) is 36.2 Å². The number of hydrogen-bond acceptors (Lipinski definition) is 7. The summed E-state index contributed by atoms with van der Waals surface area (Å²) in [6, 6.07) is 3.57. The minimum atomic E-state index is -0.297. The third-order valence-corrected chi connectivity index (χ3v) is 5.20. The molecule has 0 saturated carbocycles. The molecule has 2 fully saturated rings. The van der Waals surface area contributed by atoms with Gasteiger partial charge in [-0.25, -0.2) is 0 Å². The van der Waals surface area contributed by atoms with Crippen molar-refractivity contribution >= 4 is 5.91 Å². The first-order chi connectivity index (χ1) is 12.8. The van der Waals surface area contributed by atoms with E-state index >= 15 is 0 Å². The van der Waals surface area contributed by atoms with E-state index in [0.717, 1.165) is 37.3 Å². The third-order valence-electron chi connectivity index (χ3n) is 5.20. The Bertz CT molecular complexity index is 695. The van der Waals surface area contributed by atoms with Crippen LogP contribution in [0.5, 0.6) is 0 Å². The molecule has 2 saturated heterocycles. The van der Waals surface area contributed by atoms with Gasteiger partial charge in [0.1, 0.15) is 6.04 Å². The fourth-order valence-corrected chi connectivity index (χ4v) is 3.77. The quantitative estimate of drug-likeness (QED) is 0.814. The highest BCUT2D eigenvalue weighted by atomic mass is 16.5. The van der Waals surface area contributed by atoms with E-state index in [1.807, 2.05) is 17.0 Å². The highest BCUT2D eigenvalue weighted by molar-refractivity contribution is 5.83. The Labute approximate surface area is 152 Å². The van der Waals surface area contributed by atoms with Crippen molar-refractivity contribution in [2.45, 2.75) is 24.8 Å². The molecular weight excluding hydrogens is 334 g/mol. The smallest absolute Gasteiger partial charge is 0.244 e. The average molecular weight is 357 g/mol. The molecule has 4 heterocycles. The van der Waals surface area contributed by atoms with Crippen molar-refractivity contribution in [1.82, 2.24) is 24.9 Å². The molecule has 2 aliphatic heterocycles. The molecule has 0 spiro atoms. The lowest BCUT2D eigenvalue weighted by molar-refractivity contribution is -0.140. The molecule has 0 N–H and O–H groups in total. The van der Waals surface area contributed by atoms with E-state index in [1.165, 1.54) is 6.39 Å². The molecule has 8 nitrogen and oxygen atoms in total. The van der Waals surface area contributed by atoms with Gasteiger partial charge in [0.05, 0.1) is 13.2 Å². The van der Waals surface area contributed by atoms with Crippen LogP contribution in [0.25, 0.3) is 0 Å². The fraction of sp³-hybridized carbons (Fsp3) is 0.556. The standard InChI is InChI=1S/C18H23N5O3/c24-18(23-6-3-14(4-7-23)17-20-13-26-21-17)16(15-2-1-5-19-12-15)22-8-10-25-11-9-22/h1-2,5,12-14,16H,3-4,6-11H2. The molecule has 0 bridgehead atoms. The van der Waals surface area contributed by atoms with Gasteiger partial charge in [0.2, 0.25) is 12.3 Å². The number of carbonyl (C=O) groups excluding carboxylic acids is 1. The van der Waals surface area contributed by atoms with Gasteiger partial charge < -0.3 is 14.2 Å². The van der Waals surface area contributed by atoms with Gasteiger partial charge >= 0.3 is 0 Å². The second kappa shape index (κ2) is 7.92. The van der Waals surface area contributed by atoms with E-state index in [9.17, 15) is 4.79 Å². The summed E-state index contributed by atoms with van der Waals surface area (Å²) in [5.74, 6) is 1.15. The zero-order chi connectivity index (χ0) is 17.8. The van der Waals surface area contributed by atoms with Crippen LogP contribution in [0.15, 0.2) is 35.4 Å². The summed E-state index contributed by atoms with van der Waals surface area (Å²) < 4.78 is 10.3. The van der Waals surface area contributed by atoms with E-state index in [0.29, 0.717) is 26.3 Å². The lowest BCUT2D eigenvalue weighted by atomic mass is 9.95. The van der Waals surface area contributed by atoms with Crippen molar-refractivity contribution in [2.24, 2.45) is 0 Å². The SMILES string of the molecule is O=C(C(c1cccnc1)N1CCOCC1)N1CCC(c2ncon2)CC1. The highest BCUT2D eigenvalue weighted by Crippen LogP contribution is 2.29. The van der Waals surface area contributed by atoms with Crippen molar-refractivity contribution < 1.29 is 14.1 Å². The van der Waals surface area contributed by atoms with Crippen molar-refractivity contribution in [1.29, 1.82) is 0 Å². The average Bonchev–Trinajstić information content (AvgIpc) is 3.25. The number of ether oxygens (including phenoxy) is 1. The number of rotatable bonds is 4. The number of aromatic nitrogens is 3. The summed E-state index contributed by atoms with van der Waals surface area (Å²) in [5, 5.41) is 3.95. The maximum atomic E-state index is 13.4. The number of hydrogen-bond donors (Lipinski definition) is 0. The number of piperidine rings is 1. The zero-order valence-corrected chi connectivity index (χ0v) is 14.7. The Kier molecular flexibility index (Phi) is 5.21. The van der Waals surface area contributed by atoms with Gasteiger partial charge in [-0.05, 0) is 24.5 Å². The maximum Gasteiger partial charge on any atom is 0.244 e. The molecule has 4 rings (SSSR count). The summed E-state index contributed by atoms with van der Waals surface area (Å²) >= 11 is 0. The molecule has 1 amide bonds. The van der Waals surface area contributed by atoms with E-state index in [1.54, 1.807) is 12.4 Å². The van der Waals surface area contributed by atoms with E-state index in [-0.39, 0.29) is 17.9 Å². The zero-order valence-electron chi connectivity index (χ0n) is 14.7. The van der Waals surface area contributed by atoms with E-state index < -0.39 is 0 Å². The molecule has 0 radical (unpaired) electrons. The van der Waals surface area contributed by atoms with Crippen LogP contribution in [-0.4, -0.2) is 70.2 Å². The number of nitrogens with zero attached hydrogens (tertiary/aromatic N) is 5. The number of likely N-dealkylation sites (tertiary alicyclic amines) is 1. The predicted molar refractivity (Wildman–Crippen MR) is 92.2 cm³/mol. The molecular formula is C18H23N5O3. The van der Waals surface area contributed by atoms with Gasteiger partial charge in [0, 0.05) is 44.5 Å². The Morgan fingerprint density at radius 1 is 1.19 bits per heavy atom. The molecule has 2 aliphatic rings. The molecule has 2 aromatic rings. The van der Waals surface area contributed by atoms with Crippen LogP contribution in [0.3, 0.4) is 0 Å². The first-order valence-corrected chi connectivity index (χ1v) is 9.09. The molecule has 138 valence electrons. The number of pyridine rings is 1. The molecule has 1 atom stereocenters. The number of morpholine rings is 1. The Hall–Kier alpha value is -2.32. The van der Waals surface area contributed by atoms with Crippen LogP contribution in [0.4, 0.5) is 0 Å². The van der Waals surface area contributed by atoms with Crippen molar-refractivity contribution in [3.8, 4) is 0 Å². The van der Waals surface area contributed by atoms with Gasteiger partial charge in [-0.3, -0.25) is 14.7 Å². The normalized spacial score (nSPS) is 20.8. The fourth-order valence-electron chi connectivity index (χ4n) is 3.77. The summed E-state index contributed by atoms with van der Waals surface area (Å²) in [6.07, 6.45) is 6.61. The van der Waals surface area contributed by atoms with Crippen molar-refractivity contribution in [3.05, 3.63) is 42.3 Å². The largest absolute Gasteiger partial charge is 0.379 e. The molecule has 26 heavy (non-hydrogen) atoms. The first kappa shape index (κ1) is 17.1. The topological polar surface area (TPSA) is 84.6 Å². The van der Waals surface area contributed by atoms with Crippen LogP contribution in [0.2, 0.25) is 0 Å². The predicted octanol–water partition coefficient (Wildman–Crippen LogP) is 1.24. The lowest BCUT2D eigenvalue weighted by Gasteiger charge is -2.38. The Balaban J connectivity index is 1.48. The lowest BCUT2D eigenvalue weighted by Crippen LogP contribution is -2.49. The van der Waals surface area contributed by atoms with Gasteiger partial charge in [-0.2, -0.15) is 4.98 Å². The summed E-state index contributed by atoms with van der Waals surface area (Å²) in [7, 11) is 0. The van der Waals surface area contributed by atoms with Crippen molar-refractivity contribution in [2.75, 3.05) is 39.4 Å². The van der Waals surface area contributed by atoms with Gasteiger partial charge in [0.25, 0.3) is 0 Å². The third kappa shape index (κ3) is 3.61. The summed E-state index contributed by atoms with van der Waals surface area (Å²) in [5.41, 5.74) is 0.944.